The fraction of sp³-hybridized carbons (Fsp3) is 0.500. The lowest BCUT2D eigenvalue weighted by Crippen LogP contribution is -2.40. The molecular weight excluding hydrogens is 382 g/mol. The summed E-state index contributed by atoms with van der Waals surface area (Å²) < 4.78 is 10.7. The summed E-state index contributed by atoms with van der Waals surface area (Å²) in [6.07, 6.45) is 8.90. The molecule has 1 aromatic heterocycles. The van der Waals surface area contributed by atoms with E-state index in [2.05, 4.69) is 25.1 Å². The van der Waals surface area contributed by atoms with Crippen molar-refractivity contribution in [1.29, 1.82) is 0 Å². The molecule has 0 atom stereocenters. The minimum Gasteiger partial charge on any atom is -0.454 e. The molecule has 8 heteroatoms. The fourth-order valence-electron chi connectivity index (χ4n) is 4.49. The molecular formula is C22H27N5O3. The van der Waals surface area contributed by atoms with Crippen LogP contribution in [-0.4, -0.2) is 48.8 Å². The van der Waals surface area contributed by atoms with E-state index in [0.29, 0.717) is 5.75 Å². The van der Waals surface area contributed by atoms with Crippen LogP contribution in [0, 0.1) is 5.92 Å². The Labute approximate surface area is 176 Å². The molecule has 1 amide bonds. The van der Waals surface area contributed by atoms with Gasteiger partial charge in [-0.05, 0) is 44.2 Å². The molecule has 2 saturated heterocycles. The van der Waals surface area contributed by atoms with Gasteiger partial charge in [0.2, 0.25) is 12.7 Å². The minimum absolute atomic E-state index is 0.00487. The van der Waals surface area contributed by atoms with Gasteiger partial charge in [0.15, 0.2) is 17.3 Å². The van der Waals surface area contributed by atoms with Gasteiger partial charge in [0.1, 0.15) is 6.33 Å². The lowest BCUT2D eigenvalue weighted by atomic mass is 9.95. The van der Waals surface area contributed by atoms with Crippen molar-refractivity contribution < 1.29 is 14.3 Å². The van der Waals surface area contributed by atoms with Gasteiger partial charge >= 0.3 is 0 Å². The second kappa shape index (κ2) is 8.38. The molecule has 1 aromatic carbocycles. The lowest BCUT2D eigenvalue weighted by molar-refractivity contribution is -0.120. The van der Waals surface area contributed by atoms with Crippen LogP contribution in [0.15, 0.2) is 30.7 Å². The van der Waals surface area contributed by atoms with Crippen LogP contribution in [0.1, 0.15) is 32.1 Å². The normalized spacial score (nSPS) is 19.1. The Morgan fingerprint density at radius 2 is 1.80 bits per heavy atom. The Bertz CT molecular complexity index is 907. The number of nitrogens with one attached hydrogen (secondary N) is 1. The van der Waals surface area contributed by atoms with E-state index in [-0.39, 0.29) is 18.6 Å². The third-order valence-corrected chi connectivity index (χ3v) is 6.17. The molecule has 0 saturated carbocycles. The number of aromatic nitrogens is 2. The zero-order valence-electron chi connectivity index (χ0n) is 17.0. The number of hydrogen-bond acceptors (Lipinski definition) is 7. The van der Waals surface area contributed by atoms with Crippen LogP contribution < -0.4 is 24.6 Å². The van der Waals surface area contributed by atoms with Gasteiger partial charge in [-0.2, -0.15) is 0 Å². The summed E-state index contributed by atoms with van der Waals surface area (Å²) in [5, 5.41) is 3.03. The summed E-state index contributed by atoms with van der Waals surface area (Å²) in [5.74, 6) is 2.49. The molecule has 0 aliphatic carbocycles. The van der Waals surface area contributed by atoms with Gasteiger partial charge in [0.05, 0.1) is 11.9 Å². The van der Waals surface area contributed by atoms with Crippen molar-refractivity contribution >= 4 is 23.1 Å². The highest BCUT2D eigenvalue weighted by molar-refractivity contribution is 5.93. The highest BCUT2D eigenvalue weighted by Crippen LogP contribution is 2.35. The van der Waals surface area contributed by atoms with Crippen molar-refractivity contribution in [2.45, 2.75) is 32.1 Å². The molecule has 3 aliphatic heterocycles. The number of fused-ring (bicyclic) bond motifs is 1. The largest absolute Gasteiger partial charge is 0.454 e. The third-order valence-electron chi connectivity index (χ3n) is 6.17. The molecule has 158 valence electrons. The molecule has 0 spiro atoms. The SMILES string of the molecule is O=C(Nc1ccc2c(c1)OCO2)C1CCN(c2cncnc2N2CCCCC2)CC1. The fourth-order valence-corrected chi connectivity index (χ4v) is 4.49. The van der Waals surface area contributed by atoms with Crippen LogP contribution in [0.4, 0.5) is 17.2 Å². The first-order valence-corrected chi connectivity index (χ1v) is 10.8. The topological polar surface area (TPSA) is 79.8 Å². The van der Waals surface area contributed by atoms with Crippen molar-refractivity contribution in [1.82, 2.24) is 9.97 Å². The van der Waals surface area contributed by atoms with Crippen LogP contribution >= 0.6 is 0 Å². The standard InChI is InChI=1S/C22H27N5O3/c28-22(25-17-4-5-19-20(12-17)30-15-29-19)16-6-10-26(11-7-16)18-13-23-14-24-21(18)27-8-2-1-3-9-27/h4-5,12-14,16H,1-3,6-11,15H2,(H,25,28). The van der Waals surface area contributed by atoms with Gasteiger partial charge in [-0.15, -0.1) is 0 Å². The molecule has 0 bridgehead atoms. The smallest absolute Gasteiger partial charge is 0.231 e. The van der Waals surface area contributed by atoms with E-state index < -0.39 is 0 Å². The van der Waals surface area contributed by atoms with Crippen LogP contribution in [0.5, 0.6) is 11.5 Å². The summed E-state index contributed by atoms with van der Waals surface area (Å²) in [6.45, 7) is 3.99. The number of benzene rings is 1. The van der Waals surface area contributed by atoms with Gasteiger partial charge in [0, 0.05) is 43.9 Å². The number of hydrogen-bond donors (Lipinski definition) is 1. The predicted molar refractivity (Wildman–Crippen MR) is 114 cm³/mol. The number of piperidine rings is 2. The van der Waals surface area contributed by atoms with E-state index in [1.165, 1.54) is 19.3 Å². The number of carbonyl (C=O) groups excluding carboxylic acids is 1. The second-order valence-electron chi connectivity index (χ2n) is 8.10. The number of ether oxygens (including phenoxy) is 2. The molecule has 0 unspecified atom stereocenters. The lowest BCUT2D eigenvalue weighted by Gasteiger charge is -2.36. The Balaban J connectivity index is 1.21. The molecule has 4 heterocycles. The van der Waals surface area contributed by atoms with E-state index in [9.17, 15) is 4.79 Å². The summed E-state index contributed by atoms with van der Waals surface area (Å²) in [5.41, 5.74) is 1.84. The van der Waals surface area contributed by atoms with Gasteiger partial charge < -0.3 is 24.6 Å². The average molecular weight is 409 g/mol. The van der Waals surface area contributed by atoms with E-state index in [1.807, 2.05) is 24.4 Å². The Morgan fingerprint density at radius 1 is 1.00 bits per heavy atom. The molecule has 3 aliphatic rings. The summed E-state index contributed by atoms with van der Waals surface area (Å²) in [6, 6.07) is 5.51. The van der Waals surface area contributed by atoms with Crippen molar-refractivity contribution in [2.75, 3.05) is 48.1 Å². The van der Waals surface area contributed by atoms with E-state index in [0.717, 1.165) is 62.0 Å². The maximum absolute atomic E-state index is 12.8. The maximum Gasteiger partial charge on any atom is 0.231 e. The van der Waals surface area contributed by atoms with Crippen LogP contribution in [0.3, 0.4) is 0 Å². The molecule has 2 aromatic rings. The number of nitrogens with zero attached hydrogens (tertiary/aromatic N) is 4. The highest BCUT2D eigenvalue weighted by Gasteiger charge is 2.28. The van der Waals surface area contributed by atoms with E-state index in [4.69, 9.17) is 9.47 Å². The van der Waals surface area contributed by atoms with Crippen LogP contribution in [0.25, 0.3) is 0 Å². The predicted octanol–water partition coefficient (Wildman–Crippen LogP) is 3.05. The van der Waals surface area contributed by atoms with Crippen LogP contribution in [-0.2, 0) is 4.79 Å². The average Bonchev–Trinajstić information content (AvgIpc) is 3.28. The van der Waals surface area contributed by atoms with Crippen molar-refractivity contribution in [3.63, 3.8) is 0 Å². The molecule has 8 nitrogen and oxygen atoms in total. The number of anilines is 3. The summed E-state index contributed by atoms with van der Waals surface area (Å²) in [7, 11) is 0. The third kappa shape index (κ3) is 3.86. The van der Waals surface area contributed by atoms with Crippen molar-refractivity contribution in [3.8, 4) is 11.5 Å². The van der Waals surface area contributed by atoms with Gasteiger partial charge in [-0.1, -0.05) is 0 Å². The molecule has 5 rings (SSSR count). The Morgan fingerprint density at radius 3 is 2.63 bits per heavy atom. The van der Waals surface area contributed by atoms with Crippen molar-refractivity contribution in [2.24, 2.45) is 5.92 Å². The zero-order chi connectivity index (χ0) is 20.3. The Kier molecular flexibility index (Phi) is 5.29. The maximum atomic E-state index is 12.8. The van der Waals surface area contributed by atoms with Crippen molar-refractivity contribution in [3.05, 3.63) is 30.7 Å². The highest BCUT2D eigenvalue weighted by atomic mass is 16.7. The van der Waals surface area contributed by atoms with Gasteiger partial charge in [-0.3, -0.25) is 4.79 Å². The van der Waals surface area contributed by atoms with E-state index >= 15 is 0 Å². The quantitative estimate of drug-likeness (QED) is 0.831. The van der Waals surface area contributed by atoms with Gasteiger partial charge in [0.25, 0.3) is 0 Å². The summed E-state index contributed by atoms with van der Waals surface area (Å²) >= 11 is 0. The van der Waals surface area contributed by atoms with E-state index in [1.54, 1.807) is 6.33 Å². The Hall–Kier alpha value is -3.03. The first kappa shape index (κ1) is 19.0. The number of amides is 1. The molecule has 0 radical (unpaired) electrons. The second-order valence-corrected chi connectivity index (χ2v) is 8.10. The summed E-state index contributed by atoms with van der Waals surface area (Å²) in [4.78, 5) is 26.4. The minimum atomic E-state index is -0.00487. The zero-order valence-corrected chi connectivity index (χ0v) is 17.0. The molecule has 30 heavy (non-hydrogen) atoms. The first-order valence-electron chi connectivity index (χ1n) is 10.8. The number of rotatable bonds is 4. The number of carbonyl (C=O) groups is 1. The van der Waals surface area contributed by atoms with Gasteiger partial charge in [-0.25, -0.2) is 9.97 Å². The molecule has 2 fully saturated rings. The first-order chi connectivity index (χ1) is 14.8. The van der Waals surface area contributed by atoms with Crippen LogP contribution in [0.2, 0.25) is 0 Å². The molecule has 1 N–H and O–H groups in total. The monoisotopic (exact) mass is 409 g/mol.